The molecule has 3 aromatic rings. The normalized spacial score (nSPS) is 22.1. The van der Waals surface area contributed by atoms with Gasteiger partial charge in [0.25, 0.3) is 0 Å². The fraction of sp³-hybridized carbons (Fsp3) is 0.222. The van der Waals surface area contributed by atoms with Crippen LogP contribution in [0.5, 0.6) is 0 Å². The quantitative estimate of drug-likeness (QED) is 0.572. The number of carbonyl (C=O) groups excluding carboxylic acids is 2. The first-order valence-electron chi connectivity index (χ1n) is 11.0. The van der Waals surface area contributed by atoms with Crippen LogP contribution in [0.1, 0.15) is 51.4 Å². The van der Waals surface area contributed by atoms with Crippen LogP contribution >= 0.6 is 0 Å². The average Bonchev–Trinajstić information content (AvgIpc) is 2.84. The second-order valence-electron chi connectivity index (χ2n) is 8.39. The average molecular weight is 441 g/mol. The maximum absolute atomic E-state index is 13.5. The highest BCUT2D eigenvalue weighted by Crippen LogP contribution is 2.58. The third-order valence-electron chi connectivity index (χ3n) is 6.69. The molecule has 166 valence electrons. The summed E-state index contributed by atoms with van der Waals surface area (Å²) in [5, 5.41) is 13.1. The van der Waals surface area contributed by atoms with Crippen LogP contribution in [0.15, 0.2) is 72.8 Å². The molecule has 3 aliphatic carbocycles. The second kappa shape index (κ2) is 8.20. The lowest BCUT2D eigenvalue weighted by Gasteiger charge is -2.48. The van der Waals surface area contributed by atoms with Crippen molar-refractivity contribution in [1.82, 2.24) is 0 Å². The van der Waals surface area contributed by atoms with E-state index in [4.69, 9.17) is 4.74 Å². The maximum Gasteiger partial charge on any atom is 0.338 e. The molecule has 6 heteroatoms. The topological polar surface area (TPSA) is 92.7 Å². The monoisotopic (exact) mass is 441 g/mol. The van der Waals surface area contributed by atoms with Crippen molar-refractivity contribution >= 4 is 23.5 Å². The molecule has 0 radical (unpaired) electrons. The number of benzene rings is 3. The number of carboxylic acids is 1. The number of nitrogens with one attached hydrogen (secondary N) is 1. The van der Waals surface area contributed by atoms with Crippen molar-refractivity contribution < 1.29 is 24.2 Å². The summed E-state index contributed by atoms with van der Waals surface area (Å²) < 4.78 is 4.99. The fourth-order valence-corrected chi connectivity index (χ4v) is 5.42. The molecule has 0 heterocycles. The van der Waals surface area contributed by atoms with Gasteiger partial charge in [-0.05, 0) is 53.4 Å². The van der Waals surface area contributed by atoms with Crippen molar-refractivity contribution in [2.24, 2.45) is 11.8 Å². The summed E-state index contributed by atoms with van der Waals surface area (Å²) in [6.07, 6.45) is 0. The lowest BCUT2D eigenvalue weighted by atomic mass is 9.54. The van der Waals surface area contributed by atoms with Gasteiger partial charge in [0.05, 0.1) is 24.0 Å². The second-order valence-corrected chi connectivity index (χ2v) is 8.39. The van der Waals surface area contributed by atoms with Gasteiger partial charge in [-0.15, -0.1) is 0 Å². The van der Waals surface area contributed by atoms with E-state index >= 15 is 0 Å². The van der Waals surface area contributed by atoms with Gasteiger partial charge in [-0.25, -0.2) is 4.79 Å². The van der Waals surface area contributed by atoms with Crippen molar-refractivity contribution in [3.05, 3.63) is 101 Å². The Labute approximate surface area is 191 Å². The molecule has 2 bridgehead atoms. The predicted molar refractivity (Wildman–Crippen MR) is 122 cm³/mol. The standard InChI is InChI=1S/C27H23NO5/c1-2-33-27(32)15-11-13-16(14-12-15)28-25(29)23-21-17-7-3-5-9-19(17)22(24(23)26(30)31)20-10-6-4-8-18(20)21/h3-14,21-24H,2H2,1H3,(H,28,29)(H,30,31)/t21?,22?,23-,24-/m0/s1. The summed E-state index contributed by atoms with van der Waals surface area (Å²) in [4.78, 5) is 37.9. The lowest BCUT2D eigenvalue weighted by Crippen LogP contribution is -2.48. The van der Waals surface area contributed by atoms with Gasteiger partial charge in [0, 0.05) is 17.5 Å². The van der Waals surface area contributed by atoms with Gasteiger partial charge < -0.3 is 15.2 Å². The van der Waals surface area contributed by atoms with Crippen molar-refractivity contribution in [1.29, 1.82) is 0 Å². The first-order valence-corrected chi connectivity index (χ1v) is 11.0. The van der Waals surface area contributed by atoms with Crippen molar-refractivity contribution in [3.63, 3.8) is 0 Å². The summed E-state index contributed by atoms with van der Waals surface area (Å²) in [5.41, 5.74) is 4.87. The van der Waals surface area contributed by atoms with E-state index in [9.17, 15) is 19.5 Å². The van der Waals surface area contributed by atoms with Gasteiger partial charge in [-0.2, -0.15) is 0 Å². The first kappa shape index (κ1) is 20.9. The first-order chi connectivity index (χ1) is 16.0. The van der Waals surface area contributed by atoms with Gasteiger partial charge in [-0.3, -0.25) is 9.59 Å². The van der Waals surface area contributed by atoms with Crippen molar-refractivity contribution in [2.45, 2.75) is 18.8 Å². The zero-order valence-corrected chi connectivity index (χ0v) is 18.0. The lowest BCUT2D eigenvalue weighted by molar-refractivity contribution is -0.148. The summed E-state index contributed by atoms with van der Waals surface area (Å²) in [5.74, 6) is -4.12. The van der Waals surface area contributed by atoms with E-state index in [2.05, 4.69) is 5.32 Å². The van der Waals surface area contributed by atoms with Crippen LogP contribution in [0, 0.1) is 11.8 Å². The molecule has 0 saturated carbocycles. The Morgan fingerprint density at radius 1 is 0.788 bits per heavy atom. The SMILES string of the molecule is CCOC(=O)c1ccc(NC(=O)[C@H]2C3c4ccccc4C(c4ccccc43)[C@@H]2C(=O)O)cc1. The molecule has 3 aliphatic rings. The number of amides is 1. The van der Waals surface area contributed by atoms with E-state index < -0.39 is 23.8 Å². The third-order valence-corrected chi connectivity index (χ3v) is 6.69. The number of aliphatic carboxylic acids is 1. The molecule has 1 amide bonds. The zero-order valence-electron chi connectivity index (χ0n) is 18.0. The molecular formula is C27H23NO5. The Bertz CT molecular complexity index is 1200. The Morgan fingerprint density at radius 3 is 1.73 bits per heavy atom. The van der Waals surface area contributed by atoms with Crippen LogP contribution in [-0.4, -0.2) is 29.6 Å². The van der Waals surface area contributed by atoms with Gasteiger partial charge in [0.1, 0.15) is 0 Å². The predicted octanol–water partition coefficient (Wildman–Crippen LogP) is 4.41. The Balaban J connectivity index is 1.52. The molecular weight excluding hydrogens is 418 g/mol. The number of carboxylic acid groups (broad SMARTS) is 1. The minimum absolute atomic E-state index is 0.279. The van der Waals surface area contributed by atoms with Crippen LogP contribution in [0.4, 0.5) is 5.69 Å². The van der Waals surface area contributed by atoms with Crippen molar-refractivity contribution in [3.8, 4) is 0 Å². The highest BCUT2D eigenvalue weighted by Gasteiger charge is 2.55. The number of fused-ring (bicyclic) bond motifs is 1. The molecule has 6 nitrogen and oxygen atoms in total. The smallest absolute Gasteiger partial charge is 0.338 e. The molecule has 0 aliphatic heterocycles. The van der Waals surface area contributed by atoms with Gasteiger partial charge in [0.15, 0.2) is 0 Å². The fourth-order valence-electron chi connectivity index (χ4n) is 5.42. The van der Waals surface area contributed by atoms with Gasteiger partial charge in [0.2, 0.25) is 5.91 Å². The van der Waals surface area contributed by atoms with E-state index in [-0.39, 0.29) is 24.3 Å². The number of carbonyl (C=O) groups is 3. The van der Waals surface area contributed by atoms with Gasteiger partial charge in [-0.1, -0.05) is 48.5 Å². The van der Waals surface area contributed by atoms with Crippen LogP contribution in [0.3, 0.4) is 0 Å². The molecule has 0 unspecified atom stereocenters. The number of anilines is 1. The molecule has 0 aromatic heterocycles. The van der Waals surface area contributed by atoms with E-state index in [1.807, 2.05) is 48.5 Å². The van der Waals surface area contributed by atoms with E-state index in [1.54, 1.807) is 31.2 Å². The summed E-state index contributed by atoms with van der Waals surface area (Å²) in [7, 11) is 0. The van der Waals surface area contributed by atoms with Crippen LogP contribution in [0.2, 0.25) is 0 Å². The van der Waals surface area contributed by atoms with E-state index in [0.29, 0.717) is 11.3 Å². The number of hydrogen-bond acceptors (Lipinski definition) is 4. The van der Waals surface area contributed by atoms with E-state index in [0.717, 1.165) is 22.3 Å². The molecule has 33 heavy (non-hydrogen) atoms. The zero-order chi connectivity index (χ0) is 23.1. The van der Waals surface area contributed by atoms with Crippen LogP contribution < -0.4 is 5.32 Å². The molecule has 2 atom stereocenters. The van der Waals surface area contributed by atoms with Crippen molar-refractivity contribution in [2.75, 3.05) is 11.9 Å². The van der Waals surface area contributed by atoms with Crippen LogP contribution in [0.25, 0.3) is 0 Å². The van der Waals surface area contributed by atoms with Crippen LogP contribution in [-0.2, 0) is 14.3 Å². The number of rotatable bonds is 5. The largest absolute Gasteiger partial charge is 0.481 e. The molecule has 0 saturated heterocycles. The number of hydrogen-bond donors (Lipinski definition) is 2. The number of esters is 1. The Kier molecular flexibility index (Phi) is 5.21. The minimum atomic E-state index is -0.980. The molecule has 2 N–H and O–H groups in total. The van der Waals surface area contributed by atoms with E-state index in [1.165, 1.54) is 0 Å². The highest BCUT2D eigenvalue weighted by atomic mass is 16.5. The summed E-state index contributed by atoms with van der Waals surface area (Å²) in [6.45, 7) is 2.01. The summed E-state index contributed by atoms with van der Waals surface area (Å²) >= 11 is 0. The Morgan fingerprint density at radius 2 is 1.27 bits per heavy atom. The van der Waals surface area contributed by atoms with Gasteiger partial charge >= 0.3 is 11.9 Å². The molecule has 3 aromatic carbocycles. The third kappa shape index (κ3) is 3.39. The number of ether oxygens (including phenoxy) is 1. The minimum Gasteiger partial charge on any atom is -0.481 e. The Hall–Kier alpha value is -3.93. The highest BCUT2D eigenvalue weighted by molar-refractivity contribution is 5.98. The maximum atomic E-state index is 13.5. The summed E-state index contributed by atoms with van der Waals surface area (Å²) in [6, 6.07) is 22.1. The molecule has 0 fully saturated rings. The molecule has 0 spiro atoms. The molecule has 6 rings (SSSR count).